The fourth-order valence-electron chi connectivity index (χ4n) is 1.70. The summed E-state index contributed by atoms with van der Waals surface area (Å²) in [5.74, 6) is 0. The lowest BCUT2D eigenvalue weighted by molar-refractivity contribution is 0.0898. The third-order valence-electron chi connectivity index (χ3n) is 2.88. The Bertz CT molecular complexity index is 609. The van der Waals surface area contributed by atoms with Crippen LogP contribution in [0.1, 0.15) is 5.56 Å². The second-order valence-corrected chi connectivity index (χ2v) is 11.4. The molecule has 0 spiro atoms. The molecule has 0 aromatic carbocycles. The highest BCUT2D eigenvalue weighted by Crippen LogP contribution is 2.15. The first-order valence-corrected chi connectivity index (χ1v) is 9.99. The van der Waals surface area contributed by atoms with Gasteiger partial charge < -0.3 is 9.30 Å². The summed E-state index contributed by atoms with van der Waals surface area (Å²) < 4.78 is 7.57. The zero-order valence-corrected chi connectivity index (χ0v) is 12.6. The maximum absolute atomic E-state index is 8.98. The molecule has 5 nitrogen and oxygen atoms in total. The highest BCUT2D eigenvalue weighted by Gasteiger charge is 2.12. The van der Waals surface area contributed by atoms with Gasteiger partial charge in [0, 0.05) is 20.9 Å². The zero-order valence-electron chi connectivity index (χ0n) is 11.6. The van der Waals surface area contributed by atoms with Gasteiger partial charge in [0.25, 0.3) is 0 Å². The third kappa shape index (κ3) is 3.40. The minimum absolute atomic E-state index is 0.456. The van der Waals surface area contributed by atoms with Gasteiger partial charge in [0.1, 0.15) is 18.3 Å². The predicted octanol–water partition coefficient (Wildman–Crippen LogP) is 2.62. The van der Waals surface area contributed by atoms with Gasteiger partial charge in [-0.3, -0.25) is 4.98 Å². The Morgan fingerprint density at radius 1 is 1.37 bits per heavy atom. The fourth-order valence-corrected chi connectivity index (χ4v) is 2.46. The molecule has 0 saturated carbocycles. The number of nitriles is 1. The van der Waals surface area contributed by atoms with Crippen LogP contribution in [0.2, 0.25) is 25.7 Å². The third-order valence-corrected chi connectivity index (χ3v) is 4.59. The van der Waals surface area contributed by atoms with E-state index in [0.717, 1.165) is 18.2 Å². The number of fused-ring (bicyclic) bond motifs is 1. The van der Waals surface area contributed by atoms with Gasteiger partial charge >= 0.3 is 0 Å². The molecule has 0 aliphatic heterocycles. The molecule has 100 valence electrons. The van der Waals surface area contributed by atoms with Crippen LogP contribution < -0.4 is 0 Å². The summed E-state index contributed by atoms with van der Waals surface area (Å²) in [6.07, 6.45) is 4.94. The maximum Gasteiger partial charge on any atom is 0.124 e. The van der Waals surface area contributed by atoms with E-state index in [4.69, 9.17) is 10.00 Å². The number of aromatic nitrogens is 3. The molecule has 2 aromatic heterocycles. The van der Waals surface area contributed by atoms with Crippen LogP contribution in [0.3, 0.4) is 0 Å². The van der Waals surface area contributed by atoms with E-state index in [-0.39, 0.29) is 0 Å². The Hall–Kier alpha value is -1.71. The number of hydrogen-bond donors (Lipinski definition) is 0. The fraction of sp³-hybridized carbons (Fsp3) is 0.462. The van der Waals surface area contributed by atoms with Gasteiger partial charge in [-0.2, -0.15) is 5.26 Å². The van der Waals surface area contributed by atoms with Crippen LogP contribution in [0.15, 0.2) is 18.7 Å². The first-order valence-electron chi connectivity index (χ1n) is 6.28. The molecule has 0 amide bonds. The van der Waals surface area contributed by atoms with Crippen LogP contribution >= 0.6 is 0 Å². The summed E-state index contributed by atoms with van der Waals surface area (Å²) in [6.45, 7) is 8.20. The molecule has 0 bridgehead atoms. The van der Waals surface area contributed by atoms with Crippen molar-refractivity contribution >= 4 is 19.1 Å². The van der Waals surface area contributed by atoms with Gasteiger partial charge in [-0.15, -0.1) is 0 Å². The van der Waals surface area contributed by atoms with E-state index in [1.165, 1.54) is 6.20 Å². The number of imidazole rings is 1. The van der Waals surface area contributed by atoms with Crippen molar-refractivity contribution in [3.8, 4) is 6.07 Å². The van der Waals surface area contributed by atoms with E-state index in [2.05, 4.69) is 35.7 Å². The van der Waals surface area contributed by atoms with Gasteiger partial charge in [0.2, 0.25) is 0 Å². The van der Waals surface area contributed by atoms with Crippen molar-refractivity contribution in [2.24, 2.45) is 0 Å². The minimum atomic E-state index is -1.05. The van der Waals surface area contributed by atoms with Crippen LogP contribution in [0.5, 0.6) is 0 Å². The van der Waals surface area contributed by atoms with Gasteiger partial charge in [-0.05, 0) is 6.04 Å². The number of nitrogens with zero attached hydrogens (tertiary/aromatic N) is 4. The van der Waals surface area contributed by atoms with E-state index in [1.807, 2.05) is 4.57 Å². The van der Waals surface area contributed by atoms with E-state index in [0.29, 0.717) is 17.8 Å². The van der Waals surface area contributed by atoms with Crippen molar-refractivity contribution < 1.29 is 4.74 Å². The Kier molecular flexibility index (Phi) is 3.98. The minimum Gasteiger partial charge on any atom is -0.361 e. The quantitative estimate of drug-likeness (QED) is 0.621. The van der Waals surface area contributed by atoms with E-state index >= 15 is 0 Å². The number of rotatable bonds is 5. The van der Waals surface area contributed by atoms with Gasteiger partial charge in [-0.25, -0.2) is 4.98 Å². The lowest BCUT2D eigenvalue weighted by atomic mass is 10.3. The molecular formula is C13H18N4OSi. The molecule has 2 heterocycles. The molecule has 6 heteroatoms. The average Bonchev–Trinajstić information content (AvgIpc) is 2.76. The highest BCUT2D eigenvalue weighted by molar-refractivity contribution is 6.76. The molecule has 0 aliphatic rings. The zero-order chi connectivity index (χ0) is 13.9. The number of hydrogen-bond acceptors (Lipinski definition) is 4. The summed E-state index contributed by atoms with van der Waals surface area (Å²) in [7, 11) is -1.05. The highest BCUT2D eigenvalue weighted by atomic mass is 28.3. The molecule has 0 saturated heterocycles. The van der Waals surface area contributed by atoms with Crippen molar-refractivity contribution in [2.45, 2.75) is 32.4 Å². The smallest absolute Gasteiger partial charge is 0.124 e. The Morgan fingerprint density at radius 3 is 2.84 bits per heavy atom. The predicted molar refractivity (Wildman–Crippen MR) is 76.3 cm³/mol. The van der Waals surface area contributed by atoms with Crippen LogP contribution in [-0.2, 0) is 11.5 Å². The number of ether oxygens (including phenoxy) is 1. The average molecular weight is 274 g/mol. The Labute approximate surface area is 113 Å². The van der Waals surface area contributed by atoms with Gasteiger partial charge in [0.05, 0.1) is 23.6 Å². The van der Waals surface area contributed by atoms with Crippen molar-refractivity contribution in [3.05, 3.63) is 24.3 Å². The first-order chi connectivity index (χ1) is 9.01. The second kappa shape index (κ2) is 5.51. The Morgan fingerprint density at radius 2 is 2.16 bits per heavy atom. The summed E-state index contributed by atoms with van der Waals surface area (Å²) >= 11 is 0. The molecule has 0 radical (unpaired) electrons. The molecule has 2 aromatic rings. The van der Waals surface area contributed by atoms with Crippen LogP contribution in [0.25, 0.3) is 11.0 Å². The van der Waals surface area contributed by atoms with E-state index in [1.54, 1.807) is 12.5 Å². The maximum atomic E-state index is 8.98. The van der Waals surface area contributed by atoms with Crippen molar-refractivity contribution in [3.63, 3.8) is 0 Å². The van der Waals surface area contributed by atoms with Crippen molar-refractivity contribution in [2.75, 3.05) is 6.61 Å². The van der Waals surface area contributed by atoms with E-state index in [9.17, 15) is 0 Å². The lowest BCUT2D eigenvalue weighted by Crippen LogP contribution is -2.21. The van der Waals surface area contributed by atoms with Crippen molar-refractivity contribution in [1.29, 1.82) is 5.26 Å². The SMILES string of the molecule is C[Si](C)(C)CCOCn1cnc2c(C#N)cncc21. The van der Waals surface area contributed by atoms with Crippen molar-refractivity contribution in [1.82, 2.24) is 14.5 Å². The summed E-state index contributed by atoms with van der Waals surface area (Å²) in [5.41, 5.74) is 2.02. The summed E-state index contributed by atoms with van der Waals surface area (Å²) in [6, 6.07) is 3.24. The largest absolute Gasteiger partial charge is 0.361 e. The molecule has 0 unspecified atom stereocenters. The first kappa shape index (κ1) is 13.7. The molecule has 0 N–H and O–H groups in total. The van der Waals surface area contributed by atoms with Gasteiger partial charge in [-0.1, -0.05) is 19.6 Å². The van der Waals surface area contributed by atoms with Crippen LogP contribution in [0.4, 0.5) is 0 Å². The molecule has 0 aliphatic carbocycles. The molecular weight excluding hydrogens is 256 g/mol. The summed E-state index contributed by atoms with van der Waals surface area (Å²) in [5, 5.41) is 8.98. The molecule has 2 rings (SSSR count). The Balaban J connectivity index is 2.04. The van der Waals surface area contributed by atoms with Gasteiger partial charge in [0.15, 0.2) is 0 Å². The topological polar surface area (TPSA) is 63.7 Å². The lowest BCUT2D eigenvalue weighted by Gasteiger charge is -2.15. The monoisotopic (exact) mass is 274 g/mol. The van der Waals surface area contributed by atoms with Crippen LogP contribution in [-0.4, -0.2) is 29.2 Å². The normalized spacial score (nSPS) is 11.7. The standard InChI is InChI=1S/C13H18N4OSi/c1-19(2,3)5-4-18-10-17-9-16-13-11(6-14)7-15-8-12(13)17/h7-9H,4-5,10H2,1-3H3. The van der Waals surface area contributed by atoms with Crippen LogP contribution in [0, 0.1) is 11.3 Å². The molecule has 0 fully saturated rings. The molecule has 0 atom stereocenters. The van der Waals surface area contributed by atoms with E-state index < -0.39 is 8.07 Å². The molecule has 19 heavy (non-hydrogen) atoms. The number of pyridine rings is 1. The second-order valence-electron chi connectivity index (χ2n) is 5.73. The summed E-state index contributed by atoms with van der Waals surface area (Å²) in [4.78, 5) is 8.30.